The SMILES string of the molecule is CC(C)(O)c1cccc(N2C=Cc3nc(-c4ccc(Cl)cc4)c(F)n3C2)c1. The lowest BCUT2D eigenvalue weighted by atomic mass is 9.98. The molecule has 0 radical (unpaired) electrons. The number of anilines is 1. The number of benzene rings is 2. The lowest BCUT2D eigenvalue weighted by Gasteiger charge is -2.27. The van der Waals surface area contributed by atoms with Crippen molar-refractivity contribution >= 4 is 23.4 Å². The van der Waals surface area contributed by atoms with E-state index in [0.29, 0.717) is 28.8 Å². The molecule has 1 aromatic heterocycles. The molecule has 0 bridgehead atoms. The van der Waals surface area contributed by atoms with Crippen molar-refractivity contribution in [3.05, 3.63) is 77.1 Å². The van der Waals surface area contributed by atoms with Crippen LogP contribution in [0.3, 0.4) is 0 Å². The zero-order valence-electron chi connectivity index (χ0n) is 15.0. The summed E-state index contributed by atoms with van der Waals surface area (Å²) in [6.45, 7) is 3.78. The van der Waals surface area contributed by atoms with E-state index in [9.17, 15) is 5.11 Å². The number of nitrogens with zero attached hydrogens (tertiary/aromatic N) is 3. The maximum atomic E-state index is 15.0. The molecule has 4 rings (SSSR count). The highest BCUT2D eigenvalue weighted by molar-refractivity contribution is 6.30. The van der Waals surface area contributed by atoms with E-state index >= 15 is 4.39 Å². The standard InChI is InChI=1S/C21H19ClFN3O/c1-21(2,27)15-4-3-5-17(12-15)25-11-10-18-24-19(20(23)26(18)13-25)14-6-8-16(22)9-7-14/h3-12,27H,13H2,1-2H3. The van der Waals surface area contributed by atoms with Gasteiger partial charge in [-0.15, -0.1) is 0 Å². The largest absolute Gasteiger partial charge is 0.386 e. The quantitative estimate of drug-likeness (QED) is 0.690. The van der Waals surface area contributed by atoms with E-state index in [1.807, 2.05) is 35.4 Å². The summed E-state index contributed by atoms with van der Waals surface area (Å²) in [5.74, 6) is 0.174. The van der Waals surface area contributed by atoms with Gasteiger partial charge in [0.2, 0.25) is 5.95 Å². The second-order valence-electron chi connectivity index (χ2n) is 7.08. The summed E-state index contributed by atoms with van der Waals surface area (Å²) in [5.41, 5.74) is 1.72. The van der Waals surface area contributed by atoms with Crippen LogP contribution >= 0.6 is 11.6 Å². The molecule has 0 amide bonds. The topological polar surface area (TPSA) is 41.3 Å². The van der Waals surface area contributed by atoms with Gasteiger partial charge in [0.25, 0.3) is 0 Å². The van der Waals surface area contributed by atoms with Crippen molar-refractivity contribution < 1.29 is 9.50 Å². The van der Waals surface area contributed by atoms with Crippen LogP contribution in [-0.2, 0) is 12.3 Å². The average Bonchev–Trinajstić information content (AvgIpc) is 2.98. The third-order valence-corrected chi connectivity index (χ3v) is 4.89. The van der Waals surface area contributed by atoms with Gasteiger partial charge in [0.05, 0.1) is 5.60 Å². The van der Waals surface area contributed by atoms with Gasteiger partial charge in [-0.3, -0.25) is 4.57 Å². The first kappa shape index (κ1) is 17.8. The molecular formula is C21H19ClFN3O. The molecule has 0 saturated carbocycles. The average molecular weight is 384 g/mol. The molecule has 4 nitrogen and oxygen atoms in total. The molecule has 2 heterocycles. The fourth-order valence-corrected chi connectivity index (χ4v) is 3.22. The fraction of sp³-hybridized carbons (Fsp3) is 0.190. The van der Waals surface area contributed by atoms with Crippen LogP contribution in [0.4, 0.5) is 10.1 Å². The highest BCUT2D eigenvalue weighted by atomic mass is 35.5. The van der Waals surface area contributed by atoms with E-state index in [-0.39, 0.29) is 5.95 Å². The Balaban J connectivity index is 1.67. The van der Waals surface area contributed by atoms with Crippen LogP contribution in [0, 0.1) is 5.95 Å². The van der Waals surface area contributed by atoms with Gasteiger partial charge < -0.3 is 10.0 Å². The van der Waals surface area contributed by atoms with E-state index < -0.39 is 5.60 Å². The van der Waals surface area contributed by atoms with Crippen LogP contribution in [0.1, 0.15) is 25.2 Å². The predicted octanol–water partition coefficient (Wildman–Crippen LogP) is 5.02. The van der Waals surface area contributed by atoms with E-state index in [1.54, 1.807) is 44.2 Å². The third kappa shape index (κ3) is 3.36. The number of imidazole rings is 1. The molecule has 0 aliphatic carbocycles. The molecule has 27 heavy (non-hydrogen) atoms. The zero-order valence-corrected chi connectivity index (χ0v) is 15.8. The fourth-order valence-electron chi connectivity index (χ4n) is 3.09. The Bertz CT molecular complexity index is 1020. The number of aromatic nitrogens is 2. The Morgan fingerprint density at radius 2 is 1.89 bits per heavy atom. The Hall–Kier alpha value is -2.63. The lowest BCUT2D eigenvalue weighted by Crippen LogP contribution is -2.26. The maximum absolute atomic E-state index is 15.0. The summed E-state index contributed by atoms with van der Waals surface area (Å²) in [7, 11) is 0. The van der Waals surface area contributed by atoms with Crippen molar-refractivity contribution in [2.24, 2.45) is 0 Å². The molecule has 2 aromatic carbocycles. The highest BCUT2D eigenvalue weighted by Gasteiger charge is 2.23. The molecule has 0 saturated heterocycles. The van der Waals surface area contributed by atoms with Crippen molar-refractivity contribution in [1.82, 2.24) is 9.55 Å². The molecule has 0 spiro atoms. The Morgan fingerprint density at radius 1 is 1.15 bits per heavy atom. The molecule has 0 atom stereocenters. The lowest BCUT2D eigenvalue weighted by molar-refractivity contribution is 0.0786. The summed E-state index contributed by atoms with van der Waals surface area (Å²) in [4.78, 5) is 6.34. The molecule has 138 valence electrons. The summed E-state index contributed by atoms with van der Waals surface area (Å²) < 4.78 is 16.6. The van der Waals surface area contributed by atoms with Gasteiger partial charge in [0, 0.05) is 22.5 Å². The second kappa shape index (κ2) is 6.51. The van der Waals surface area contributed by atoms with Crippen molar-refractivity contribution in [2.45, 2.75) is 26.1 Å². The van der Waals surface area contributed by atoms with Gasteiger partial charge in [0.1, 0.15) is 18.2 Å². The van der Waals surface area contributed by atoms with E-state index in [1.165, 1.54) is 4.57 Å². The van der Waals surface area contributed by atoms with Crippen LogP contribution in [0.5, 0.6) is 0 Å². The summed E-state index contributed by atoms with van der Waals surface area (Å²) in [6.07, 6.45) is 3.65. The molecule has 6 heteroatoms. The predicted molar refractivity (Wildman–Crippen MR) is 106 cm³/mol. The number of rotatable bonds is 3. The smallest absolute Gasteiger partial charge is 0.223 e. The molecule has 1 N–H and O–H groups in total. The molecular weight excluding hydrogens is 365 g/mol. The van der Waals surface area contributed by atoms with Gasteiger partial charge in [-0.1, -0.05) is 35.9 Å². The molecule has 1 aliphatic heterocycles. The monoisotopic (exact) mass is 383 g/mol. The molecule has 0 fully saturated rings. The van der Waals surface area contributed by atoms with Crippen LogP contribution in [-0.4, -0.2) is 14.7 Å². The number of aliphatic hydroxyl groups is 1. The van der Waals surface area contributed by atoms with E-state index in [0.717, 1.165) is 11.3 Å². The van der Waals surface area contributed by atoms with Crippen molar-refractivity contribution in [1.29, 1.82) is 0 Å². The number of hydrogen-bond acceptors (Lipinski definition) is 3. The first-order chi connectivity index (χ1) is 12.8. The van der Waals surface area contributed by atoms with Crippen LogP contribution in [0.2, 0.25) is 5.02 Å². The van der Waals surface area contributed by atoms with Gasteiger partial charge in [-0.25, -0.2) is 4.98 Å². The van der Waals surface area contributed by atoms with Crippen LogP contribution in [0.15, 0.2) is 54.7 Å². The Kier molecular flexibility index (Phi) is 4.29. The molecule has 0 unspecified atom stereocenters. The minimum absolute atomic E-state index is 0.299. The van der Waals surface area contributed by atoms with Crippen LogP contribution < -0.4 is 4.90 Å². The first-order valence-electron chi connectivity index (χ1n) is 8.63. The maximum Gasteiger partial charge on any atom is 0.223 e. The van der Waals surface area contributed by atoms with E-state index in [4.69, 9.17) is 11.6 Å². The summed E-state index contributed by atoms with van der Waals surface area (Å²) in [6, 6.07) is 14.6. The van der Waals surface area contributed by atoms with Crippen molar-refractivity contribution in [3.63, 3.8) is 0 Å². The van der Waals surface area contributed by atoms with Crippen molar-refractivity contribution in [2.75, 3.05) is 4.90 Å². The number of fused-ring (bicyclic) bond motifs is 1. The summed E-state index contributed by atoms with van der Waals surface area (Å²) in [5, 5.41) is 10.8. The van der Waals surface area contributed by atoms with Gasteiger partial charge in [-0.2, -0.15) is 4.39 Å². The van der Waals surface area contributed by atoms with Crippen molar-refractivity contribution in [3.8, 4) is 11.3 Å². The number of hydrogen-bond donors (Lipinski definition) is 1. The zero-order chi connectivity index (χ0) is 19.2. The van der Waals surface area contributed by atoms with E-state index in [2.05, 4.69) is 4.98 Å². The molecule has 3 aromatic rings. The Labute approximate surface area is 162 Å². The normalized spacial score (nSPS) is 13.7. The highest BCUT2D eigenvalue weighted by Crippen LogP contribution is 2.30. The van der Waals surface area contributed by atoms with Gasteiger partial charge in [-0.05, 0) is 49.8 Å². The van der Waals surface area contributed by atoms with Gasteiger partial charge in [0.15, 0.2) is 0 Å². The summed E-state index contributed by atoms with van der Waals surface area (Å²) >= 11 is 5.92. The first-order valence-corrected chi connectivity index (χ1v) is 9.00. The van der Waals surface area contributed by atoms with Crippen LogP contribution in [0.25, 0.3) is 17.3 Å². The second-order valence-corrected chi connectivity index (χ2v) is 7.52. The third-order valence-electron chi connectivity index (χ3n) is 4.63. The van der Waals surface area contributed by atoms with Gasteiger partial charge >= 0.3 is 0 Å². The Morgan fingerprint density at radius 3 is 2.59 bits per heavy atom. The molecule has 1 aliphatic rings. The number of halogens is 2. The minimum Gasteiger partial charge on any atom is -0.386 e. The minimum atomic E-state index is -0.942.